The first-order valence-electron chi connectivity index (χ1n) is 4.36. The van der Waals surface area contributed by atoms with Gasteiger partial charge in [0.2, 0.25) is 11.8 Å². The summed E-state index contributed by atoms with van der Waals surface area (Å²) in [5, 5.41) is 5.31. The van der Waals surface area contributed by atoms with Crippen LogP contribution in [0.25, 0.3) is 0 Å². The van der Waals surface area contributed by atoms with Crippen LogP contribution in [0.5, 0.6) is 0 Å². The van der Waals surface area contributed by atoms with E-state index in [0.29, 0.717) is 13.2 Å². The zero-order chi connectivity index (χ0) is 11.0. The molecule has 0 aliphatic rings. The van der Waals surface area contributed by atoms with E-state index in [0.717, 1.165) is 0 Å². The molecule has 0 aliphatic heterocycles. The van der Waals surface area contributed by atoms with Gasteiger partial charge in [0.25, 0.3) is 0 Å². The predicted molar refractivity (Wildman–Crippen MR) is 51.5 cm³/mol. The van der Waals surface area contributed by atoms with Crippen molar-refractivity contribution in [3.8, 4) is 0 Å². The summed E-state index contributed by atoms with van der Waals surface area (Å²) in [6.07, 6.45) is 0. The van der Waals surface area contributed by atoms with Crippen molar-refractivity contribution < 1.29 is 14.3 Å². The highest BCUT2D eigenvalue weighted by Gasteiger charge is 2.11. The Bertz CT molecular complexity index is 196. The standard InChI is InChI=1S/C8H17N3O3/c1-6(11-5-7(9)12)8(13)10-3-4-14-2/h6,11H,3-5H2,1-2H3,(H2,9,12)(H,10,13). The fraction of sp³-hybridized carbons (Fsp3) is 0.750. The second kappa shape index (κ2) is 7.28. The fourth-order valence-electron chi connectivity index (χ4n) is 0.776. The summed E-state index contributed by atoms with van der Waals surface area (Å²) in [6.45, 7) is 2.58. The molecule has 0 rings (SSSR count). The van der Waals surface area contributed by atoms with E-state index in [9.17, 15) is 9.59 Å². The third-order valence-corrected chi connectivity index (χ3v) is 1.58. The summed E-state index contributed by atoms with van der Waals surface area (Å²) < 4.78 is 4.76. The van der Waals surface area contributed by atoms with Gasteiger partial charge in [-0.3, -0.25) is 14.9 Å². The summed E-state index contributed by atoms with van der Waals surface area (Å²) in [5.41, 5.74) is 4.91. The van der Waals surface area contributed by atoms with Crippen LogP contribution in [-0.2, 0) is 14.3 Å². The van der Waals surface area contributed by atoms with Gasteiger partial charge in [-0.05, 0) is 6.92 Å². The van der Waals surface area contributed by atoms with E-state index in [4.69, 9.17) is 10.5 Å². The van der Waals surface area contributed by atoms with E-state index in [2.05, 4.69) is 10.6 Å². The van der Waals surface area contributed by atoms with Gasteiger partial charge in [-0.1, -0.05) is 0 Å². The quantitative estimate of drug-likeness (QED) is 0.426. The number of hydrogen-bond donors (Lipinski definition) is 3. The fourth-order valence-corrected chi connectivity index (χ4v) is 0.776. The van der Waals surface area contributed by atoms with E-state index in [1.165, 1.54) is 0 Å². The molecule has 0 bridgehead atoms. The summed E-state index contributed by atoms with van der Waals surface area (Å²) in [7, 11) is 1.56. The number of carbonyl (C=O) groups is 2. The summed E-state index contributed by atoms with van der Waals surface area (Å²) >= 11 is 0. The van der Waals surface area contributed by atoms with Gasteiger partial charge in [-0.2, -0.15) is 0 Å². The number of primary amides is 1. The number of ether oxygens (including phenoxy) is 1. The maximum Gasteiger partial charge on any atom is 0.236 e. The molecule has 6 nitrogen and oxygen atoms in total. The van der Waals surface area contributed by atoms with Gasteiger partial charge < -0.3 is 15.8 Å². The Morgan fingerprint density at radius 3 is 2.64 bits per heavy atom. The Kier molecular flexibility index (Phi) is 6.69. The molecule has 2 amide bonds. The maximum absolute atomic E-state index is 11.2. The molecule has 1 atom stereocenters. The van der Waals surface area contributed by atoms with E-state index < -0.39 is 11.9 Å². The van der Waals surface area contributed by atoms with Gasteiger partial charge in [0.15, 0.2) is 0 Å². The minimum atomic E-state index is -0.485. The van der Waals surface area contributed by atoms with Gasteiger partial charge in [-0.25, -0.2) is 0 Å². The molecule has 0 saturated heterocycles. The average molecular weight is 203 g/mol. The number of nitrogens with two attached hydrogens (primary N) is 1. The van der Waals surface area contributed by atoms with E-state index >= 15 is 0 Å². The molecular weight excluding hydrogens is 186 g/mol. The smallest absolute Gasteiger partial charge is 0.236 e. The molecule has 0 radical (unpaired) electrons. The van der Waals surface area contributed by atoms with Crippen molar-refractivity contribution in [3.05, 3.63) is 0 Å². The Morgan fingerprint density at radius 1 is 1.50 bits per heavy atom. The monoisotopic (exact) mass is 203 g/mol. The molecule has 0 aromatic rings. The largest absolute Gasteiger partial charge is 0.383 e. The van der Waals surface area contributed by atoms with Gasteiger partial charge in [0.05, 0.1) is 19.2 Å². The zero-order valence-electron chi connectivity index (χ0n) is 8.50. The lowest BCUT2D eigenvalue weighted by Crippen LogP contribution is -2.45. The van der Waals surface area contributed by atoms with Crippen molar-refractivity contribution in [2.45, 2.75) is 13.0 Å². The normalized spacial score (nSPS) is 12.1. The number of hydrogen-bond acceptors (Lipinski definition) is 4. The third kappa shape index (κ3) is 6.38. The molecule has 0 saturated carbocycles. The molecule has 0 aromatic carbocycles. The van der Waals surface area contributed by atoms with Crippen molar-refractivity contribution in [2.75, 3.05) is 26.8 Å². The van der Waals surface area contributed by atoms with Crippen LogP contribution >= 0.6 is 0 Å². The molecule has 0 heterocycles. The molecule has 6 heteroatoms. The molecular formula is C8H17N3O3. The molecule has 0 aliphatic carbocycles. The van der Waals surface area contributed by atoms with Crippen LogP contribution < -0.4 is 16.4 Å². The maximum atomic E-state index is 11.2. The lowest BCUT2D eigenvalue weighted by Gasteiger charge is -2.12. The highest BCUT2D eigenvalue weighted by Crippen LogP contribution is 1.80. The highest BCUT2D eigenvalue weighted by molar-refractivity contribution is 5.82. The van der Waals surface area contributed by atoms with Gasteiger partial charge in [0.1, 0.15) is 0 Å². The second-order valence-corrected chi connectivity index (χ2v) is 2.85. The lowest BCUT2D eigenvalue weighted by atomic mass is 10.3. The number of rotatable bonds is 7. The average Bonchev–Trinajstić information content (AvgIpc) is 2.14. The SMILES string of the molecule is COCCNC(=O)C(C)NCC(N)=O. The number of nitrogens with one attached hydrogen (secondary N) is 2. The molecule has 82 valence electrons. The summed E-state index contributed by atoms with van der Waals surface area (Å²) in [6, 6.07) is -0.431. The minimum Gasteiger partial charge on any atom is -0.383 e. The minimum absolute atomic E-state index is 0.00113. The first-order valence-corrected chi connectivity index (χ1v) is 4.36. The lowest BCUT2D eigenvalue weighted by molar-refractivity contribution is -0.123. The van der Waals surface area contributed by atoms with Crippen LogP contribution in [0.15, 0.2) is 0 Å². The molecule has 14 heavy (non-hydrogen) atoms. The Labute approximate surface area is 83.2 Å². The molecule has 4 N–H and O–H groups in total. The van der Waals surface area contributed by atoms with Crippen molar-refractivity contribution in [1.82, 2.24) is 10.6 Å². The van der Waals surface area contributed by atoms with Crippen LogP contribution in [0.1, 0.15) is 6.92 Å². The number of carbonyl (C=O) groups excluding carboxylic acids is 2. The topological polar surface area (TPSA) is 93.4 Å². The molecule has 0 fully saturated rings. The Morgan fingerprint density at radius 2 is 2.14 bits per heavy atom. The van der Waals surface area contributed by atoms with Crippen molar-refractivity contribution in [3.63, 3.8) is 0 Å². The van der Waals surface area contributed by atoms with E-state index in [-0.39, 0.29) is 12.5 Å². The Balaban J connectivity index is 3.59. The number of methoxy groups -OCH3 is 1. The molecule has 1 unspecified atom stereocenters. The zero-order valence-corrected chi connectivity index (χ0v) is 8.50. The first-order chi connectivity index (χ1) is 6.57. The van der Waals surface area contributed by atoms with Crippen molar-refractivity contribution in [2.24, 2.45) is 5.73 Å². The van der Waals surface area contributed by atoms with Crippen molar-refractivity contribution >= 4 is 11.8 Å². The van der Waals surface area contributed by atoms with Crippen molar-refractivity contribution in [1.29, 1.82) is 0 Å². The van der Waals surface area contributed by atoms with Gasteiger partial charge >= 0.3 is 0 Å². The van der Waals surface area contributed by atoms with Crippen LogP contribution in [0.3, 0.4) is 0 Å². The number of amides is 2. The van der Waals surface area contributed by atoms with Crippen LogP contribution in [0, 0.1) is 0 Å². The predicted octanol–water partition coefficient (Wildman–Crippen LogP) is -1.79. The van der Waals surface area contributed by atoms with E-state index in [1.807, 2.05) is 0 Å². The van der Waals surface area contributed by atoms with Gasteiger partial charge in [-0.15, -0.1) is 0 Å². The second-order valence-electron chi connectivity index (χ2n) is 2.85. The molecule has 0 spiro atoms. The third-order valence-electron chi connectivity index (χ3n) is 1.58. The molecule has 0 aromatic heterocycles. The highest BCUT2D eigenvalue weighted by atomic mass is 16.5. The van der Waals surface area contributed by atoms with Crippen LogP contribution in [0.2, 0.25) is 0 Å². The van der Waals surface area contributed by atoms with Gasteiger partial charge in [0, 0.05) is 13.7 Å². The summed E-state index contributed by atoms with van der Waals surface area (Å²) in [4.78, 5) is 21.6. The first kappa shape index (κ1) is 12.9. The van der Waals surface area contributed by atoms with Crippen LogP contribution in [0.4, 0.5) is 0 Å². The summed E-state index contributed by atoms with van der Waals surface area (Å²) in [5.74, 6) is -0.662. The van der Waals surface area contributed by atoms with E-state index in [1.54, 1.807) is 14.0 Å². The Hall–Kier alpha value is -1.14. The van der Waals surface area contributed by atoms with Crippen LogP contribution in [-0.4, -0.2) is 44.7 Å².